The van der Waals surface area contributed by atoms with Crippen LogP contribution in [0.15, 0.2) is 48.7 Å². The van der Waals surface area contributed by atoms with Gasteiger partial charge in [-0.2, -0.15) is 0 Å². The van der Waals surface area contributed by atoms with Gasteiger partial charge in [0.2, 0.25) is 5.88 Å². The predicted octanol–water partition coefficient (Wildman–Crippen LogP) is 4.27. The summed E-state index contributed by atoms with van der Waals surface area (Å²) in [6.07, 6.45) is 9.40. The maximum Gasteiger partial charge on any atom is 0.213 e. The molecule has 0 unspecified atom stereocenters. The number of hydrogen-bond donors (Lipinski definition) is 2. The van der Waals surface area contributed by atoms with E-state index in [1.54, 1.807) is 13.2 Å². The Hall–Kier alpha value is -2.90. The molecular formula is C25H28F2N4O. The first-order valence-corrected chi connectivity index (χ1v) is 11.0. The molecule has 3 heterocycles. The Labute approximate surface area is 186 Å². The molecule has 1 fully saturated rings. The molecule has 0 bridgehead atoms. The Morgan fingerprint density at radius 1 is 1.19 bits per heavy atom. The molecule has 2 aromatic heterocycles. The van der Waals surface area contributed by atoms with Gasteiger partial charge in [-0.15, -0.1) is 0 Å². The smallest absolute Gasteiger partial charge is 0.213 e. The van der Waals surface area contributed by atoms with Gasteiger partial charge < -0.3 is 15.4 Å². The Balaban J connectivity index is 1.23. The number of benzene rings is 1. The van der Waals surface area contributed by atoms with E-state index in [0.29, 0.717) is 24.5 Å². The van der Waals surface area contributed by atoms with E-state index >= 15 is 0 Å². The van der Waals surface area contributed by atoms with E-state index in [-0.39, 0.29) is 5.56 Å². The van der Waals surface area contributed by atoms with Crippen LogP contribution in [0.4, 0.5) is 8.78 Å². The third-order valence-corrected chi connectivity index (χ3v) is 5.91. The van der Waals surface area contributed by atoms with E-state index in [1.807, 2.05) is 30.5 Å². The molecule has 3 aromatic rings. The Bertz CT molecular complexity index is 1080. The van der Waals surface area contributed by atoms with Gasteiger partial charge in [-0.05, 0) is 61.6 Å². The first-order chi connectivity index (χ1) is 15.6. The number of aromatic nitrogens is 2. The lowest BCUT2D eigenvalue weighted by Crippen LogP contribution is -2.48. The van der Waals surface area contributed by atoms with Crippen molar-refractivity contribution in [1.29, 1.82) is 0 Å². The Morgan fingerprint density at radius 3 is 2.91 bits per heavy atom. The molecule has 1 aromatic carbocycles. The fraction of sp³-hybridized carbons (Fsp3) is 0.360. The minimum absolute atomic E-state index is 0.268. The van der Waals surface area contributed by atoms with Gasteiger partial charge in [0.1, 0.15) is 11.6 Å². The summed E-state index contributed by atoms with van der Waals surface area (Å²) < 4.78 is 32.1. The average molecular weight is 439 g/mol. The molecule has 1 aliphatic heterocycles. The number of piperidine rings is 1. The topological polar surface area (TPSA) is 59.1 Å². The Morgan fingerprint density at radius 2 is 2.09 bits per heavy atom. The van der Waals surface area contributed by atoms with E-state index in [2.05, 4.69) is 20.6 Å². The molecule has 2 atom stereocenters. The van der Waals surface area contributed by atoms with E-state index in [4.69, 9.17) is 4.74 Å². The number of nitrogens with zero attached hydrogens (tertiary/aromatic N) is 2. The van der Waals surface area contributed by atoms with Crippen LogP contribution >= 0.6 is 0 Å². The third-order valence-electron chi connectivity index (χ3n) is 5.91. The van der Waals surface area contributed by atoms with Crippen LogP contribution in [-0.4, -0.2) is 42.3 Å². The van der Waals surface area contributed by atoms with Crippen LogP contribution in [0.5, 0.6) is 5.88 Å². The molecule has 0 aliphatic carbocycles. The zero-order chi connectivity index (χ0) is 22.3. The fourth-order valence-electron chi connectivity index (χ4n) is 4.10. The van der Waals surface area contributed by atoms with Gasteiger partial charge in [0.25, 0.3) is 0 Å². The molecule has 5 nitrogen and oxygen atoms in total. The van der Waals surface area contributed by atoms with E-state index in [1.165, 1.54) is 11.6 Å². The number of pyridine rings is 2. The number of halogens is 2. The van der Waals surface area contributed by atoms with Crippen molar-refractivity contribution < 1.29 is 13.5 Å². The molecule has 0 spiro atoms. The molecule has 0 saturated carbocycles. The average Bonchev–Trinajstić information content (AvgIpc) is 2.83. The number of hydrogen-bond acceptors (Lipinski definition) is 5. The van der Waals surface area contributed by atoms with Gasteiger partial charge in [0.05, 0.1) is 18.1 Å². The van der Waals surface area contributed by atoms with Gasteiger partial charge in [-0.3, -0.25) is 4.98 Å². The van der Waals surface area contributed by atoms with Gasteiger partial charge in [0.15, 0.2) is 0 Å². The van der Waals surface area contributed by atoms with Crippen LogP contribution < -0.4 is 15.4 Å². The zero-order valence-corrected chi connectivity index (χ0v) is 18.2. The highest BCUT2D eigenvalue weighted by Crippen LogP contribution is 2.21. The van der Waals surface area contributed by atoms with Crippen LogP contribution in [0.25, 0.3) is 17.1 Å². The second-order valence-corrected chi connectivity index (χ2v) is 8.09. The summed E-state index contributed by atoms with van der Waals surface area (Å²) in [6, 6.07) is 10.1. The summed E-state index contributed by atoms with van der Waals surface area (Å²) in [5.74, 6) is -0.248. The van der Waals surface area contributed by atoms with Crippen molar-refractivity contribution in [2.75, 3.05) is 20.2 Å². The highest BCUT2D eigenvalue weighted by molar-refractivity contribution is 5.78. The van der Waals surface area contributed by atoms with Crippen molar-refractivity contribution in [2.24, 2.45) is 0 Å². The van der Waals surface area contributed by atoms with E-state index < -0.39 is 11.6 Å². The van der Waals surface area contributed by atoms with Gasteiger partial charge in [0, 0.05) is 43.0 Å². The van der Waals surface area contributed by atoms with Crippen molar-refractivity contribution >= 4 is 17.1 Å². The van der Waals surface area contributed by atoms with E-state index in [9.17, 15) is 8.78 Å². The highest BCUT2D eigenvalue weighted by Gasteiger charge is 2.20. The van der Waals surface area contributed by atoms with Gasteiger partial charge >= 0.3 is 0 Å². The third kappa shape index (κ3) is 5.66. The molecule has 1 saturated heterocycles. The van der Waals surface area contributed by atoms with Crippen molar-refractivity contribution in [3.63, 3.8) is 0 Å². The van der Waals surface area contributed by atoms with Crippen molar-refractivity contribution in [3.8, 4) is 5.88 Å². The molecule has 0 radical (unpaired) electrons. The summed E-state index contributed by atoms with van der Waals surface area (Å²) in [6.45, 7) is 1.50. The molecule has 4 rings (SSSR count). The summed E-state index contributed by atoms with van der Waals surface area (Å²) in [5.41, 5.74) is 3.24. The second-order valence-electron chi connectivity index (χ2n) is 8.09. The number of aryl methyl sites for hydroxylation is 1. The standard InChI is InChI=1S/C25H28F2N4O/c1-32-24-11-10-23-25(31-24)17(12-14-29-23)4-6-20-7-8-21(16-30-20)28-13-2-3-18-15-19(26)5-9-22(18)27/h2-3,5,9-12,14-15,20-21,28,30H,4,6-8,13,16H2,1H3/b3-2+/t20-,21-/m0/s1. The number of methoxy groups -OCH3 is 1. The Kier molecular flexibility index (Phi) is 7.39. The van der Waals surface area contributed by atoms with Crippen LogP contribution in [0.1, 0.15) is 30.4 Å². The van der Waals surface area contributed by atoms with Crippen molar-refractivity contribution in [2.45, 2.75) is 37.8 Å². The van der Waals surface area contributed by atoms with Crippen molar-refractivity contribution in [3.05, 3.63) is 71.4 Å². The lowest BCUT2D eigenvalue weighted by atomic mass is 9.95. The normalized spacial score (nSPS) is 19.0. The first-order valence-electron chi connectivity index (χ1n) is 11.0. The zero-order valence-electron chi connectivity index (χ0n) is 18.2. The number of nitrogens with one attached hydrogen (secondary N) is 2. The maximum absolute atomic E-state index is 13.7. The quantitative estimate of drug-likeness (QED) is 0.550. The van der Waals surface area contributed by atoms with Crippen LogP contribution in [0, 0.1) is 11.6 Å². The lowest BCUT2D eigenvalue weighted by Gasteiger charge is -2.30. The van der Waals surface area contributed by atoms with Crippen LogP contribution in [0.3, 0.4) is 0 Å². The molecule has 32 heavy (non-hydrogen) atoms. The fourth-order valence-corrected chi connectivity index (χ4v) is 4.10. The largest absolute Gasteiger partial charge is 0.481 e. The summed E-state index contributed by atoms with van der Waals surface area (Å²) in [7, 11) is 1.62. The number of rotatable bonds is 8. The van der Waals surface area contributed by atoms with Crippen molar-refractivity contribution in [1.82, 2.24) is 20.6 Å². The summed E-state index contributed by atoms with van der Waals surface area (Å²) in [4.78, 5) is 8.98. The van der Waals surface area contributed by atoms with Crippen LogP contribution in [-0.2, 0) is 6.42 Å². The van der Waals surface area contributed by atoms with Crippen LogP contribution in [0.2, 0.25) is 0 Å². The van der Waals surface area contributed by atoms with E-state index in [0.717, 1.165) is 55.4 Å². The number of ether oxygens (including phenoxy) is 1. The summed E-state index contributed by atoms with van der Waals surface area (Å²) >= 11 is 0. The molecular weight excluding hydrogens is 410 g/mol. The summed E-state index contributed by atoms with van der Waals surface area (Å²) in [5, 5.41) is 7.09. The number of fused-ring (bicyclic) bond motifs is 1. The SMILES string of the molecule is COc1ccc2nccc(CC[C@H]3CC[C@H](NC/C=C/c4cc(F)ccc4F)CN3)c2n1. The van der Waals surface area contributed by atoms with Gasteiger partial charge in [-0.1, -0.05) is 12.2 Å². The van der Waals surface area contributed by atoms with Gasteiger partial charge in [-0.25, -0.2) is 13.8 Å². The molecule has 7 heteroatoms. The highest BCUT2D eigenvalue weighted by atomic mass is 19.1. The second kappa shape index (κ2) is 10.6. The molecule has 2 N–H and O–H groups in total. The monoisotopic (exact) mass is 438 g/mol. The minimum Gasteiger partial charge on any atom is -0.481 e. The minimum atomic E-state index is -0.434. The maximum atomic E-state index is 13.7. The molecule has 0 amide bonds. The first kappa shape index (κ1) is 22.3. The lowest BCUT2D eigenvalue weighted by molar-refractivity contribution is 0.321. The molecule has 168 valence electrons. The predicted molar refractivity (Wildman–Crippen MR) is 123 cm³/mol. The molecule has 1 aliphatic rings.